The molecule has 31 heavy (non-hydrogen) atoms. The van der Waals surface area contributed by atoms with Gasteiger partial charge in [-0.05, 0) is 30.2 Å². The average molecular weight is 418 g/mol. The predicted octanol–water partition coefficient (Wildman–Crippen LogP) is 3.39. The largest absolute Gasteiger partial charge is 0.457 e. The number of aliphatic hydroxyl groups excluding tert-OH is 1. The zero-order chi connectivity index (χ0) is 21.6. The van der Waals surface area contributed by atoms with E-state index in [9.17, 15) is 9.90 Å². The SMILES string of the molecule is CNC(=O)c1cc(Oc2ccc3nc(NC(CO)Cc4ccccc4)oc3c2)ccn1. The van der Waals surface area contributed by atoms with E-state index in [2.05, 4.69) is 20.6 Å². The maximum atomic E-state index is 11.7. The summed E-state index contributed by atoms with van der Waals surface area (Å²) in [6.45, 7) is -0.0578. The molecule has 8 heteroatoms. The van der Waals surface area contributed by atoms with Crippen molar-refractivity contribution in [3.8, 4) is 11.5 Å². The molecule has 2 aromatic heterocycles. The lowest BCUT2D eigenvalue weighted by Crippen LogP contribution is -2.26. The van der Waals surface area contributed by atoms with Crippen LogP contribution in [0.15, 0.2) is 71.3 Å². The highest BCUT2D eigenvalue weighted by molar-refractivity contribution is 5.92. The molecule has 1 unspecified atom stereocenters. The van der Waals surface area contributed by atoms with E-state index < -0.39 is 0 Å². The van der Waals surface area contributed by atoms with Crippen molar-refractivity contribution >= 4 is 23.0 Å². The van der Waals surface area contributed by atoms with Gasteiger partial charge in [0.1, 0.15) is 22.7 Å². The number of anilines is 1. The van der Waals surface area contributed by atoms with E-state index in [0.29, 0.717) is 35.0 Å². The van der Waals surface area contributed by atoms with Gasteiger partial charge >= 0.3 is 0 Å². The molecule has 3 N–H and O–H groups in total. The number of nitrogens with zero attached hydrogens (tertiary/aromatic N) is 2. The van der Waals surface area contributed by atoms with Crippen LogP contribution < -0.4 is 15.4 Å². The Morgan fingerprint density at radius 1 is 1.13 bits per heavy atom. The van der Waals surface area contributed by atoms with Crippen LogP contribution in [0.4, 0.5) is 6.01 Å². The Kier molecular flexibility index (Phi) is 6.09. The van der Waals surface area contributed by atoms with Crippen molar-refractivity contribution < 1.29 is 19.1 Å². The first kappa shape index (κ1) is 20.4. The van der Waals surface area contributed by atoms with Gasteiger partial charge in [-0.25, -0.2) is 0 Å². The molecule has 2 aromatic carbocycles. The summed E-state index contributed by atoms with van der Waals surface area (Å²) in [5.74, 6) is 0.724. The molecule has 4 rings (SSSR count). The van der Waals surface area contributed by atoms with Crippen LogP contribution in [-0.4, -0.2) is 40.7 Å². The molecule has 0 radical (unpaired) electrons. The lowest BCUT2D eigenvalue weighted by atomic mass is 10.1. The fraction of sp³-hybridized carbons (Fsp3) is 0.174. The summed E-state index contributed by atoms with van der Waals surface area (Å²) in [5, 5.41) is 15.4. The molecule has 158 valence electrons. The summed E-state index contributed by atoms with van der Waals surface area (Å²) in [5.41, 5.74) is 2.57. The van der Waals surface area contributed by atoms with Crippen LogP contribution in [0.25, 0.3) is 11.1 Å². The van der Waals surface area contributed by atoms with Crippen LogP contribution in [0.5, 0.6) is 11.5 Å². The fourth-order valence-electron chi connectivity index (χ4n) is 3.13. The van der Waals surface area contributed by atoms with Crippen molar-refractivity contribution in [2.24, 2.45) is 0 Å². The number of oxazole rings is 1. The Balaban J connectivity index is 1.48. The number of fused-ring (bicyclic) bond motifs is 1. The molecule has 0 aliphatic carbocycles. The minimum atomic E-state index is -0.291. The zero-order valence-electron chi connectivity index (χ0n) is 16.9. The van der Waals surface area contributed by atoms with Crippen LogP contribution in [0.1, 0.15) is 16.1 Å². The molecule has 0 aliphatic rings. The smallest absolute Gasteiger partial charge is 0.295 e. The maximum absolute atomic E-state index is 11.7. The van der Waals surface area contributed by atoms with Gasteiger partial charge < -0.3 is 24.9 Å². The minimum Gasteiger partial charge on any atom is -0.457 e. The van der Waals surface area contributed by atoms with Gasteiger partial charge in [0, 0.05) is 25.4 Å². The van der Waals surface area contributed by atoms with E-state index >= 15 is 0 Å². The topological polar surface area (TPSA) is 110 Å². The number of benzene rings is 2. The number of pyridine rings is 1. The number of hydrogen-bond acceptors (Lipinski definition) is 7. The molecule has 0 saturated heterocycles. The second-order valence-corrected chi connectivity index (χ2v) is 6.92. The quantitative estimate of drug-likeness (QED) is 0.402. The van der Waals surface area contributed by atoms with E-state index in [1.54, 1.807) is 37.4 Å². The van der Waals surface area contributed by atoms with Crippen molar-refractivity contribution in [3.63, 3.8) is 0 Å². The summed E-state index contributed by atoms with van der Waals surface area (Å²) in [6, 6.07) is 18.5. The van der Waals surface area contributed by atoms with Crippen molar-refractivity contribution in [2.75, 3.05) is 19.0 Å². The van der Waals surface area contributed by atoms with E-state index in [0.717, 1.165) is 5.56 Å². The number of carbonyl (C=O) groups excluding carboxylic acids is 1. The molecule has 1 amide bonds. The molecule has 0 aliphatic heterocycles. The van der Waals surface area contributed by atoms with Gasteiger partial charge in [0.05, 0.1) is 12.6 Å². The molecule has 4 aromatic rings. The molecule has 2 heterocycles. The van der Waals surface area contributed by atoms with Gasteiger partial charge in [0.15, 0.2) is 5.58 Å². The zero-order valence-corrected chi connectivity index (χ0v) is 16.9. The lowest BCUT2D eigenvalue weighted by molar-refractivity contribution is 0.0958. The Labute approximate surface area is 178 Å². The number of carbonyl (C=O) groups is 1. The fourth-order valence-corrected chi connectivity index (χ4v) is 3.13. The molecule has 8 nitrogen and oxygen atoms in total. The van der Waals surface area contributed by atoms with Gasteiger partial charge in [-0.1, -0.05) is 30.3 Å². The standard InChI is InChI=1S/C23H22N4O4/c1-24-22(29)20-12-18(9-10-25-20)30-17-7-8-19-21(13-17)31-23(27-19)26-16(14-28)11-15-5-3-2-4-6-15/h2-10,12-13,16,28H,11,14H2,1H3,(H,24,29)(H,26,27). The highest BCUT2D eigenvalue weighted by Gasteiger charge is 2.14. The van der Waals surface area contributed by atoms with Crippen molar-refractivity contribution in [1.29, 1.82) is 0 Å². The highest BCUT2D eigenvalue weighted by Crippen LogP contribution is 2.28. The van der Waals surface area contributed by atoms with Gasteiger partial charge in [-0.3, -0.25) is 9.78 Å². The third-order valence-corrected chi connectivity index (χ3v) is 4.66. The number of nitrogens with one attached hydrogen (secondary N) is 2. The molecule has 0 bridgehead atoms. The summed E-state index contributed by atoms with van der Waals surface area (Å²) < 4.78 is 11.7. The van der Waals surface area contributed by atoms with E-state index in [1.807, 2.05) is 30.3 Å². The van der Waals surface area contributed by atoms with Crippen molar-refractivity contribution in [2.45, 2.75) is 12.5 Å². The highest BCUT2D eigenvalue weighted by atomic mass is 16.5. The first-order valence-electron chi connectivity index (χ1n) is 9.82. The minimum absolute atomic E-state index is 0.0578. The van der Waals surface area contributed by atoms with Crippen LogP contribution in [0.3, 0.4) is 0 Å². The number of hydrogen-bond donors (Lipinski definition) is 3. The van der Waals surface area contributed by atoms with Gasteiger partial charge in [0.25, 0.3) is 11.9 Å². The average Bonchev–Trinajstić information content (AvgIpc) is 3.20. The Morgan fingerprint density at radius 3 is 2.71 bits per heavy atom. The number of amides is 1. The number of aliphatic hydroxyl groups is 1. The van der Waals surface area contributed by atoms with Gasteiger partial charge in [0.2, 0.25) is 0 Å². The number of aromatic nitrogens is 2. The van der Waals surface area contributed by atoms with Crippen molar-refractivity contribution in [3.05, 3.63) is 78.1 Å². The van der Waals surface area contributed by atoms with Crippen LogP contribution in [0.2, 0.25) is 0 Å². The summed E-state index contributed by atoms with van der Waals surface area (Å²) in [7, 11) is 1.54. The third kappa shape index (κ3) is 4.99. The van der Waals surface area contributed by atoms with Crippen LogP contribution in [-0.2, 0) is 6.42 Å². The van der Waals surface area contributed by atoms with Gasteiger partial charge in [-0.15, -0.1) is 0 Å². The lowest BCUT2D eigenvalue weighted by Gasteiger charge is -2.14. The maximum Gasteiger partial charge on any atom is 0.295 e. The summed E-state index contributed by atoms with van der Waals surface area (Å²) >= 11 is 0. The van der Waals surface area contributed by atoms with Crippen LogP contribution >= 0.6 is 0 Å². The summed E-state index contributed by atoms with van der Waals surface area (Å²) in [4.78, 5) is 20.2. The number of ether oxygens (including phenoxy) is 1. The first-order chi connectivity index (χ1) is 15.1. The number of rotatable bonds is 8. The Bertz CT molecular complexity index is 1180. The molecule has 0 saturated carbocycles. The first-order valence-corrected chi connectivity index (χ1v) is 9.82. The van der Waals surface area contributed by atoms with E-state index in [-0.39, 0.29) is 24.2 Å². The second kappa shape index (κ2) is 9.27. The Hall–Kier alpha value is -3.91. The molecular weight excluding hydrogens is 396 g/mol. The van der Waals surface area contributed by atoms with Gasteiger partial charge in [-0.2, -0.15) is 4.98 Å². The monoisotopic (exact) mass is 418 g/mol. The molecular formula is C23H22N4O4. The van der Waals surface area contributed by atoms with E-state index in [4.69, 9.17) is 9.15 Å². The normalized spacial score (nSPS) is 11.8. The molecule has 1 atom stereocenters. The van der Waals surface area contributed by atoms with Crippen LogP contribution in [0, 0.1) is 0 Å². The predicted molar refractivity (Wildman–Crippen MR) is 116 cm³/mol. The third-order valence-electron chi connectivity index (χ3n) is 4.66. The Morgan fingerprint density at radius 2 is 1.94 bits per heavy atom. The molecule has 0 spiro atoms. The van der Waals surface area contributed by atoms with Crippen molar-refractivity contribution in [1.82, 2.24) is 15.3 Å². The summed E-state index contributed by atoms with van der Waals surface area (Å²) in [6.07, 6.45) is 2.15. The van der Waals surface area contributed by atoms with E-state index in [1.165, 1.54) is 6.20 Å². The second-order valence-electron chi connectivity index (χ2n) is 6.92. The molecule has 0 fully saturated rings.